The highest BCUT2D eigenvalue weighted by molar-refractivity contribution is 5.72. The molecule has 1 amide bonds. The maximum absolute atomic E-state index is 11.3. The lowest BCUT2D eigenvalue weighted by atomic mass is 9.99. The highest BCUT2D eigenvalue weighted by Gasteiger charge is 2.36. The van der Waals surface area contributed by atoms with Gasteiger partial charge in [-0.25, -0.2) is 0 Å². The second-order valence-electron chi connectivity index (χ2n) is 10.8. The van der Waals surface area contributed by atoms with E-state index in [2.05, 4.69) is 27.2 Å². The first kappa shape index (κ1) is 26.3. The molecule has 3 saturated heterocycles. The molecule has 3 fully saturated rings. The molecule has 4 atom stereocenters. The number of hydrogen-bond donors (Lipinski definition) is 2. The molecule has 3 heterocycles. The smallest absolute Gasteiger partial charge is 0.217 e. The quantitative estimate of drug-likeness (QED) is 0.536. The number of ether oxygens (including phenoxy) is 2. The summed E-state index contributed by atoms with van der Waals surface area (Å²) in [5, 5.41) is 12.3. The fourth-order valence-corrected chi connectivity index (χ4v) is 5.92. The average molecular weight is 508 g/mol. The summed E-state index contributed by atoms with van der Waals surface area (Å²) >= 11 is 0. The van der Waals surface area contributed by atoms with Gasteiger partial charge in [-0.05, 0) is 62.0 Å². The van der Waals surface area contributed by atoms with Crippen LogP contribution >= 0.6 is 0 Å². The number of nitrogens with one attached hydrogen (secondary N) is 1. The Kier molecular flexibility index (Phi) is 8.89. The molecule has 2 aromatic carbocycles. The minimum Gasteiger partial charge on any atom is -0.392 e. The van der Waals surface area contributed by atoms with E-state index in [-0.39, 0.29) is 24.7 Å². The van der Waals surface area contributed by atoms with E-state index in [1.807, 2.05) is 36.4 Å². The van der Waals surface area contributed by atoms with E-state index in [1.54, 1.807) is 0 Å². The van der Waals surface area contributed by atoms with Crippen LogP contribution in [0.2, 0.25) is 0 Å². The Morgan fingerprint density at radius 2 is 1.62 bits per heavy atom. The number of hydrogen-bond acceptors (Lipinski definition) is 6. The van der Waals surface area contributed by atoms with E-state index in [0.29, 0.717) is 12.6 Å². The summed E-state index contributed by atoms with van der Waals surface area (Å²) < 4.78 is 13.1. The van der Waals surface area contributed by atoms with Crippen LogP contribution in [0.15, 0.2) is 48.5 Å². The highest BCUT2D eigenvalue weighted by Crippen LogP contribution is 2.38. The number of carbonyl (C=O) groups is 1. The van der Waals surface area contributed by atoms with Crippen molar-refractivity contribution in [3.8, 4) is 0 Å². The van der Waals surface area contributed by atoms with Gasteiger partial charge in [0, 0.05) is 44.6 Å². The van der Waals surface area contributed by atoms with Gasteiger partial charge in [0.15, 0.2) is 6.29 Å². The molecule has 0 unspecified atom stereocenters. The number of rotatable bonds is 9. The SMILES string of the molecule is CC(=O)NCc1ccc([C@@H]2O[C@H](CN3CCC[C@H]3CN3CCCC3)C[C@H](c3ccc(CO)cc3)O2)cc1. The van der Waals surface area contributed by atoms with Gasteiger partial charge in [-0.15, -0.1) is 0 Å². The minimum absolute atomic E-state index is 0.0362. The molecular weight excluding hydrogens is 466 g/mol. The van der Waals surface area contributed by atoms with Gasteiger partial charge in [0.1, 0.15) is 0 Å². The second kappa shape index (κ2) is 12.5. The Morgan fingerprint density at radius 1 is 0.919 bits per heavy atom. The fourth-order valence-electron chi connectivity index (χ4n) is 5.92. The zero-order valence-corrected chi connectivity index (χ0v) is 22.0. The standard InChI is InChI=1S/C30H41N3O4/c1-22(35)31-18-23-6-12-26(13-7-23)30-36-28(17-29(37-30)25-10-8-24(21-34)9-11-25)20-33-16-4-5-27(33)19-32-14-2-3-15-32/h6-13,27-30,34H,2-5,14-21H2,1H3,(H,31,35)/t27-,28-,29+,30+/m0/s1. The largest absolute Gasteiger partial charge is 0.392 e. The zero-order valence-electron chi connectivity index (χ0n) is 22.0. The van der Waals surface area contributed by atoms with Crippen LogP contribution < -0.4 is 5.32 Å². The topological polar surface area (TPSA) is 74.3 Å². The van der Waals surface area contributed by atoms with Gasteiger partial charge >= 0.3 is 0 Å². The number of aliphatic hydroxyl groups is 1. The van der Waals surface area contributed by atoms with Crippen molar-refractivity contribution in [1.82, 2.24) is 15.1 Å². The normalized spacial score (nSPS) is 27.0. The summed E-state index contributed by atoms with van der Waals surface area (Å²) in [7, 11) is 0. The molecule has 0 aliphatic carbocycles. The van der Waals surface area contributed by atoms with Crippen molar-refractivity contribution in [2.75, 3.05) is 32.7 Å². The van der Waals surface area contributed by atoms with E-state index >= 15 is 0 Å². The molecule has 0 bridgehead atoms. The third kappa shape index (κ3) is 6.98. The van der Waals surface area contributed by atoms with Crippen LogP contribution in [-0.2, 0) is 27.4 Å². The third-order valence-corrected chi connectivity index (χ3v) is 8.01. The van der Waals surface area contributed by atoms with Crippen molar-refractivity contribution in [3.63, 3.8) is 0 Å². The van der Waals surface area contributed by atoms with Gasteiger partial charge in [-0.2, -0.15) is 0 Å². The lowest BCUT2D eigenvalue weighted by Crippen LogP contribution is -2.45. The number of aliphatic hydroxyl groups excluding tert-OH is 1. The van der Waals surface area contributed by atoms with Crippen LogP contribution in [0.1, 0.15) is 73.7 Å². The van der Waals surface area contributed by atoms with E-state index in [9.17, 15) is 9.90 Å². The van der Waals surface area contributed by atoms with Crippen molar-refractivity contribution in [1.29, 1.82) is 0 Å². The van der Waals surface area contributed by atoms with Gasteiger partial charge in [-0.1, -0.05) is 48.5 Å². The summed E-state index contributed by atoms with van der Waals surface area (Å²) in [6, 6.07) is 16.8. The van der Waals surface area contributed by atoms with Crippen molar-refractivity contribution >= 4 is 5.91 Å². The van der Waals surface area contributed by atoms with Crippen LogP contribution in [-0.4, -0.2) is 65.7 Å². The van der Waals surface area contributed by atoms with Gasteiger partial charge in [0.05, 0.1) is 18.8 Å². The summed E-state index contributed by atoms with van der Waals surface area (Å²) in [5.74, 6) is -0.0362. The van der Waals surface area contributed by atoms with Gasteiger partial charge in [-0.3, -0.25) is 9.69 Å². The Morgan fingerprint density at radius 3 is 2.32 bits per heavy atom. The molecular formula is C30H41N3O4. The summed E-state index contributed by atoms with van der Waals surface area (Å²) in [5.41, 5.74) is 4.06. The van der Waals surface area contributed by atoms with Crippen LogP contribution in [0.5, 0.6) is 0 Å². The Bertz CT molecular complexity index is 1010. The number of nitrogens with zero attached hydrogens (tertiary/aromatic N) is 2. The summed E-state index contributed by atoms with van der Waals surface area (Å²) in [6.07, 6.45) is 5.54. The van der Waals surface area contributed by atoms with E-state index < -0.39 is 6.29 Å². The number of amides is 1. The molecule has 3 aliphatic heterocycles. The molecule has 0 radical (unpaired) electrons. The Balaban J connectivity index is 1.30. The predicted molar refractivity (Wildman–Crippen MR) is 143 cm³/mol. The van der Waals surface area contributed by atoms with Gasteiger partial charge < -0.3 is 24.8 Å². The molecule has 2 aromatic rings. The number of likely N-dealkylation sites (tertiary alicyclic amines) is 2. The van der Waals surface area contributed by atoms with Crippen molar-refractivity contribution < 1.29 is 19.4 Å². The number of carbonyl (C=O) groups excluding carboxylic acids is 1. The van der Waals surface area contributed by atoms with Crippen LogP contribution in [0.3, 0.4) is 0 Å². The van der Waals surface area contributed by atoms with E-state index in [1.165, 1.54) is 52.2 Å². The molecule has 5 rings (SSSR count). The first-order valence-corrected chi connectivity index (χ1v) is 13.9. The van der Waals surface area contributed by atoms with E-state index in [4.69, 9.17) is 9.47 Å². The lowest BCUT2D eigenvalue weighted by Gasteiger charge is -2.39. The Hall–Kier alpha value is -2.29. The molecule has 2 N–H and O–H groups in total. The molecule has 7 heteroatoms. The Labute approximate surface area is 220 Å². The van der Waals surface area contributed by atoms with Crippen LogP contribution in [0.4, 0.5) is 0 Å². The average Bonchev–Trinajstić information content (AvgIpc) is 3.60. The minimum atomic E-state index is -0.448. The fraction of sp³-hybridized carbons (Fsp3) is 0.567. The van der Waals surface area contributed by atoms with Crippen molar-refractivity contribution in [3.05, 3.63) is 70.8 Å². The maximum atomic E-state index is 11.3. The molecule has 0 aromatic heterocycles. The highest BCUT2D eigenvalue weighted by atomic mass is 16.7. The maximum Gasteiger partial charge on any atom is 0.217 e. The first-order valence-electron chi connectivity index (χ1n) is 13.9. The summed E-state index contributed by atoms with van der Waals surface area (Å²) in [4.78, 5) is 16.5. The molecule has 0 saturated carbocycles. The zero-order chi connectivity index (χ0) is 25.6. The third-order valence-electron chi connectivity index (χ3n) is 8.01. The van der Waals surface area contributed by atoms with Gasteiger partial charge in [0.2, 0.25) is 5.91 Å². The summed E-state index contributed by atoms with van der Waals surface area (Å²) in [6.45, 7) is 7.79. The van der Waals surface area contributed by atoms with Gasteiger partial charge in [0.25, 0.3) is 0 Å². The molecule has 3 aliphatic rings. The van der Waals surface area contributed by atoms with E-state index in [0.717, 1.165) is 41.8 Å². The van der Waals surface area contributed by atoms with Crippen LogP contribution in [0.25, 0.3) is 0 Å². The lowest BCUT2D eigenvalue weighted by molar-refractivity contribution is -0.253. The predicted octanol–water partition coefficient (Wildman–Crippen LogP) is 3.92. The monoisotopic (exact) mass is 507 g/mol. The van der Waals surface area contributed by atoms with Crippen LogP contribution in [0, 0.1) is 0 Å². The van der Waals surface area contributed by atoms with Crippen molar-refractivity contribution in [2.45, 2.75) is 76.7 Å². The molecule has 37 heavy (non-hydrogen) atoms. The molecule has 200 valence electrons. The molecule has 7 nitrogen and oxygen atoms in total. The first-order chi connectivity index (χ1) is 18.1. The molecule has 0 spiro atoms. The van der Waals surface area contributed by atoms with Crippen molar-refractivity contribution in [2.24, 2.45) is 0 Å². The second-order valence-corrected chi connectivity index (χ2v) is 10.8. The number of benzene rings is 2.